The first-order valence-corrected chi connectivity index (χ1v) is 9.35. The zero-order valence-corrected chi connectivity index (χ0v) is 15.7. The van der Waals surface area contributed by atoms with E-state index in [1.54, 1.807) is 35.0 Å². The van der Waals surface area contributed by atoms with Crippen molar-refractivity contribution in [1.82, 2.24) is 9.55 Å². The van der Waals surface area contributed by atoms with Crippen LogP contribution in [0.15, 0.2) is 47.8 Å². The molecule has 0 saturated carbocycles. The molecule has 2 aromatic heterocycles. The molecular formula is C21H17FN2O2S. The fraction of sp³-hybridized carbons (Fsp3) is 0.143. The van der Waals surface area contributed by atoms with Crippen molar-refractivity contribution in [3.05, 3.63) is 76.2 Å². The number of aryl methyl sites for hydroxylation is 2. The Kier molecular flexibility index (Phi) is 4.28. The molecule has 0 aliphatic heterocycles. The third-order valence-corrected chi connectivity index (χ3v) is 5.64. The van der Waals surface area contributed by atoms with Crippen molar-refractivity contribution in [2.45, 2.75) is 20.4 Å². The second-order valence-electron chi connectivity index (χ2n) is 6.48. The lowest BCUT2D eigenvalue weighted by molar-refractivity contribution is 0.0685. The van der Waals surface area contributed by atoms with Crippen LogP contribution in [0, 0.1) is 19.7 Å². The lowest BCUT2D eigenvalue weighted by Crippen LogP contribution is -2.11. The number of carboxylic acid groups (broad SMARTS) is 1. The van der Waals surface area contributed by atoms with Crippen LogP contribution in [0.2, 0.25) is 0 Å². The Hall–Kier alpha value is -2.99. The normalized spacial score (nSPS) is 11.2. The second kappa shape index (κ2) is 6.63. The van der Waals surface area contributed by atoms with E-state index in [9.17, 15) is 14.3 Å². The predicted molar refractivity (Wildman–Crippen MR) is 105 cm³/mol. The molecule has 0 unspecified atom stereocenters. The van der Waals surface area contributed by atoms with Gasteiger partial charge >= 0.3 is 5.97 Å². The number of hydrogen-bond acceptors (Lipinski definition) is 3. The van der Waals surface area contributed by atoms with Gasteiger partial charge in [0.1, 0.15) is 11.6 Å². The van der Waals surface area contributed by atoms with Crippen LogP contribution in [0.5, 0.6) is 0 Å². The van der Waals surface area contributed by atoms with Crippen LogP contribution < -0.4 is 0 Å². The summed E-state index contributed by atoms with van der Waals surface area (Å²) in [4.78, 5) is 16.3. The van der Waals surface area contributed by atoms with Crippen molar-refractivity contribution in [1.29, 1.82) is 0 Å². The number of carbonyl (C=O) groups is 1. The van der Waals surface area contributed by atoms with E-state index in [0.29, 0.717) is 23.6 Å². The molecule has 0 spiro atoms. The van der Waals surface area contributed by atoms with Gasteiger partial charge in [-0.25, -0.2) is 14.2 Å². The number of aromatic carboxylic acids is 1. The van der Waals surface area contributed by atoms with Gasteiger partial charge in [-0.3, -0.25) is 0 Å². The molecule has 0 aliphatic rings. The highest BCUT2D eigenvalue weighted by Crippen LogP contribution is 2.31. The van der Waals surface area contributed by atoms with Gasteiger partial charge in [0.2, 0.25) is 0 Å². The minimum atomic E-state index is -1.04. The van der Waals surface area contributed by atoms with Gasteiger partial charge in [0, 0.05) is 15.6 Å². The Morgan fingerprint density at radius 3 is 2.74 bits per heavy atom. The lowest BCUT2D eigenvalue weighted by atomic mass is 10.1. The monoisotopic (exact) mass is 380 g/mol. The van der Waals surface area contributed by atoms with E-state index in [-0.39, 0.29) is 11.5 Å². The molecule has 0 saturated heterocycles. The number of carboxylic acids is 1. The molecule has 4 aromatic rings. The number of thiophene rings is 1. The quantitative estimate of drug-likeness (QED) is 0.525. The van der Waals surface area contributed by atoms with Gasteiger partial charge in [-0.05, 0) is 48.6 Å². The van der Waals surface area contributed by atoms with Gasteiger partial charge < -0.3 is 9.67 Å². The number of nitrogens with zero attached hydrogens (tertiary/aromatic N) is 2. The fourth-order valence-electron chi connectivity index (χ4n) is 3.48. The zero-order chi connectivity index (χ0) is 19.1. The first-order chi connectivity index (χ1) is 13.0. The van der Waals surface area contributed by atoms with Crippen molar-refractivity contribution in [2.75, 3.05) is 0 Å². The second-order valence-corrected chi connectivity index (χ2v) is 7.39. The number of fused-ring (bicyclic) bond motifs is 1. The smallest absolute Gasteiger partial charge is 0.354 e. The zero-order valence-electron chi connectivity index (χ0n) is 14.9. The van der Waals surface area contributed by atoms with Crippen LogP contribution in [0.3, 0.4) is 0 Å². The summed E-state index contributed by atoms with van der Waals surface area (Å²) in [6, 6.07) is 12.2. The van der Waals surface area contributed by atoms with Crippen molar-refractivity contribution in [2.24, 2.45) is 0 Å². The number of aromatic nitrogens is 2. The minimum Gasteiger partial charge on any atom is -0.477 e. The van der Waals surface area contributed by atoms with Crippen LogP contribution in [-0.2, 0) is 6.54 Å². The summed E-state index contributed by atoms with van der Waals surface area (Å²) < 4.78 is 16.6. The summed E-state index contributed by atoms with van der Waals surface area (Å²) in [5.41, 5.74) is 3.28. The van der Waals surface area contributed by atoms with Gasteiger partial charge in [-0.2, -0.15) is 0 Å². The molecule has 0 atom stereocenters. The van der Waals surface area contributed by atoms with E-state index in [1.807, 2.05) is 24.4 Å². The largest absolute Gasteiger partial charge is 0.477 e. The summed E-state index contributed by atoms with van der Waals surface area (Å²) in [5.74, 6) is -0.968. The SMILES string of the molecule is Cc1nc(-c2cccc(F)c2)n(Cc2csc3cccc(C)c23)c1C(=O)O. The van der Waals surface area contributed by atoms with E-state index in [1.165, 1.54) is 12.1 Å². The topological polar surface area (TPSA) is 55.1 Å². The van der Waals surface area contributed by atoms with Gasteiger partial charge in [-0.1, -0.05) is 24.3 Å². The maximum atomic E-state index is 13.7. The summed E-state index contributed by atoms with van der Waals surface area (Å²) in [7, 11) is 0. The first kappa shape index (κ1) is 17.4. The van der Waals surface area contributed by atoms with Crippen LogP contribution in [0.4, 0.5) is 4.39 Å². The third-order valence-electron chi connectivity index (χ3n) is 4.64. The molecule has 4 rings (SSSR count). The maximum Gasteiger partial charge on any atom is 0.354 e. The molecule has 0 amide bonds. The van der Waals surface area contributed by atoms with Crippen LogP contribution in [0.1, 0.15) is 27.3 Å². The van der Waals surface area contributed by atoms with Crippen molar-refractivity contribution in [3.8, 4) is 11.4 Å². The lowest BCUT2D eigenvalue weighted by Gasteiger charge is -2.11. The molecule has 2 heterocycles. The van der Waals surface area contributed by atoms with Crippen molar-refractivity contribution < 1.29 is 14.3 Å². The molecule has 27 heavy (non-hydrogen) atoms. The molecule has 2 aromatic carbocycles. The van der Waals surface area contributed by atoms with E-state index < -0.39 is 5.97 Å². The Bertz CT molecular complexity index is 1180. The minimum absolute atomic E-state index is 0.127. The average Bonchev–Trinajstić information content (AvgIpc) is 3.17. The van der Waals surface area contributed by atoms with Crippen molar-refractivity contribution >= 4 is 27.4 Å². The Balaban J connectivity index is 1.92. The predicted octanol–water partition coefficient (Wildman–Crippen LogP) is 5.27. The van der Waals surface area contributed by atoms with E-state index in [0.717, 1.165) is 21.2 Å². The highest BCUT2D eigenvalue weighted by molar-refractivity contribution is 7.17. The van der Waals surface area contributed by atoms with Gasteiger partial charge in [-0.15, -0.1) is 11.3 Å². The molecule has 6 heteroatoms. The molecule has 1 N–H and O–H groups in total. The number of benzene rings is 2. The number of hydrogen-bond donors (Lipinski definition) is 1. The van der Waals surface area contributed by atoms with E-state index >= 15 is 0 Å². The van der Waals surface area contributed by atoms with Crippen molar-refractivity contribution in [3.63, 3.8) is 0 Å². The van der Waals surface area contributed by atoms with Gasteiger partial charge in [0.15, 0.2) is 5.69 Å². The highest BCUT2D eigenvalue weighted by atomic mass is 32.1. The standard InChI is InChI=1S/C21H17FN2O2S/c1-12-5-3-8-17-18(12)15(11-27-17)10-24-19(21(25)26)13(2)23-20(24)14-6-4-7-16(22)9-14/h3-9,11H,10H2,1-2H3,(H,25,26). The van der Waals surface area contributed by atoms with Crippen LogP contribution >= 0.6 is 11.3 Å². The molecule has 0 radical (unpaired) electrons. The fourth-order valence-corrected chi connectivity index (χ4v) is 4.50. The molecule has 4 nitrogen and oxygen atoms in total. The number of rotatable bonds is 4. The molecule has 0 fully saturated rings. The van der Waals surface area contributed by atoms with Crippen LogP contribution in [-0.4, -0.2) is 20.6 Å². The van der Waals surface area contributed by atoms with E-state index in [2.05, 4.69) is 11.1 Å². The first-order valence-electron chi connectivity index (χ1n) is 8.47. The number of imidazole rings is 1. The van der Waals surface area contributed by atoms with Gasteiger partial charge in [0.05, 0.1) is 12.2 Å². The Morgan fingerprint density at radius 2 is 2.00 bits per heavy atom. The summed E-state index contributed by atoms with van der Waals surface area (Å²) >= 11 is 1.63. The third kappa shape index (κ3) is 3.02. The number of halogens is 1. The highest BCUT2D eigenvalue weighted by Gasteiger charge is 2.22. The summed E-state index contributed by atoms with van der Waals surface area (Å²) in [5, 5.41) is 12.9. The van der Waals surface area contributed by atoms with Gasteiger partial charge in [0.25, 0.3) is 0 Å². The van der Waals surface area contributed by atoms with E-state index in [4.69, 9.17) is 0 Å². The molecule has 0 aliphatic carbocycles. The Morgan fingerprint density at radius 1 is 1.22 bits per heavy atom. The Labute approximate surface area is 159 Å². The average molecular weight is 380 g/mol. The maximum absolute atomic E-state index is 13.7. The summed E-state index contributed by atoms with van der Waals surface area (Å²) in [6.45, 7) is 4.07. The molecular weight excluding hydrogens is 363 g/mol. The molecule has 136 valence electrons. The van der Waals surface area contributed by atoms with Crippen LogP contribution in [0.25, 0.3) is 21.5 Å². The summed E-state index contributed by atoms with van der Waals surface area (Å²) in [6.07, 6.45) is 0. The molecule has 0 bridgehead atoms.